The van der Waals surface area contributed by atoms with E-state index in [1.165, 1.54) is 12.1 Å². The van der Waals surface area contributed by atoms with Gasteiger partial charge in [-0.3, -0.25) is 9.69 Å². The van der Waals surface area contributed by atoms with Gasteiger partial charge in [0.05, 0.1) is 27.9 Å². The van der Waals surface area contributed by atoms with Crippen LogP contribution in [0.5, 0.6) is 0 Å². The third-order valence-electron chi connectivity index (χ3n) is 3.23. The molecule has 0 bridgehead atoms. The highest BCUT2D eigenvalue weighted by molar-refractivity contribution is 6.40. The Bertz CT molecular complexity index is 511. The van der Waals surface area contributed by atoms with Gasteiger partial charge in [-0.2, -0.15) is 0 Å². The molecule has 1 amide bonds. The molecule has 0 radical (unpaired) electrons. The SMILES string of the molecule is CC1(O)CCN(CC(=O)Nc2c(Cl)cc(N)cc2Cl)C1. The first-order valence-electron chi connectivity index (χ1n) is 6.26. The van der Waals surface area contributed by atoms with Crippen LogP contribution in [0.4, 0.5) is 11.4 Å². The lowest BCUT2D eigenvalue weighted by Gasteiger charge is -2.18. The molecule has 20 heavy (non-hydrogen) atoms. The minimum absolute atomic E-state index is 0.188. The van der Waals surface area contributed by atoms with Crippen molar-refractivity contribution in [2.75, 3.05) is 30.7 Å². The average molecular weight is 318 g/mol. The second-order valence-electron chi connectivity index (χ2n) is 5.37. The molecular weight excluding hydrogens is 301 g/mol. The third kappa shape index (κ3) is 3.76. The van der Waals surface area contributed by atoms with E-state index in [-0.39, 0.29) is 12.5 Å². The number of anilines is 2. The summed E-state index contributed by atoms with van der Waals surface area (Å²) >= 11 is 12.0. The fraction of sp³-hybridized carbons (Fsp3) is 0.462. The number of nitrogens with zero attached hydrogens (tertiary/aromatic N) is 1. The minimum Gasteiger partial charge on any atom is -0.399 e. The van der Waals surface area contributed by atoms with Crippen molar-refractivity contribution in [1.29, 1.82) is 0 Å². The Morgan fingerprint density at radius 3 is 2.60 bits per heavy atom. The molecule has 4 N–H and O–H groups in total. The van der Waals surface area contributed by atoms with Gasteiger partial charge in [0.15, 0.2) is 0 Å². The van der Waals surface area contributed by atoms with Gasteiger partial charge in [0, 0.05) is 18.8 Å². The summed E-state index contributed by atoms with van der Waals surface area (Å²) in [6.45, 7) is 3.11. The number of β-amino-alcohol motifs (C(OH)–C–C–N with tert-alkyl or cyclic N) is 1. The fourth-order valence-corrected chi connectivity index (χ4v) is 2.87. The third-order valence-corrected chi connectivity index (χ3v) is 3.82. The van der Waals surface area contributed by atoms with Crippen LogP contribution in [0.3, 0.4) is 0 Å². The van der Waals surface area contributed by atoms with Crippen LogP contribution < -0.4 is 11.1 Å². The molecule has 1 fully saturated rings. The van der Waals surface area contributed by atoms with Crippen molar-refractivity contribution in [1.82, 2.24) is 4.90 Å². The largest absolute Gasteiger partial charge is 0.399 e. The van der Waals surface area contributed by atoms with E-state index >= 15 is 0 Å². The molecule has 1 unspecified atom stereocenters. The Labute approximate surface area is 127 Å². The quantitative estimate of drug-likeness (QED) is 0.745. The van der Waals surface area contributed by atoms with Gasteiger partial charge in [0.25, 0.3) is 0 Å². The van der Waals surface area contributed by atoms with E-state index in [1.807, 2.05) is 4.90 Å². The standard InChI is InChI=1S/C13H17Cl2N3O2/c1-13(20)2-3-18(7-13)6-11(19)17-12-9(14)4-8(16)5-10(12)15/h4-5,20H,2-3,6-7,16H2,1H3,(H,17,19). The first kappa shape index (κ1) is 15.4. The van der Waals surface area contributed by atoms with Crippen LogP contribution in [-0.4, -0.2) is 41.1 Å². The number of aliphatic hydroxyl groups is 1. The monoisotopic (exact) mass is 317 g/mol. The zero-order valence-corrected chi connectivity index (χ0v) is 12.6. The molecule has 0 saturated carbocycles. The van der Waals surface area contributed by atoms with Crippen molar-refractivity contribution in [3.63, 3.8) is 0 Å². The van der Waals surface area contributed by atoms with Crippen molar-refractivity contribution in [3.05, 3.63) is 22.2 Å². The topological polar surface area (TPSA) is 78.6 Å². The van der Waals surface area contributed by atoms with Gasteiger partial charge < -0.3 is 16.2 Å². The molecular formula is C13H17Cl2N3O2. The predicted molar refractivity (Wildman–Crippen MR) is 81.2 cm³/mol. The number of hydrogen-bond donors (Lipinski definition) is 3. The summed E-state index contributed by atoms with van der Waals surface area (Å²) in [5.74, 6) is -0.226. The second-order valence-corrected chi connectivity index (χ2v) is 6.18. The van der Waals surface area contributed by atoms with E-state index in [4.69, 9.17) is 28.9 Å². The number of halogens is 2. The zero-order valence-electron chi connectivity index (χ0n) is 11.1. The molecule has 1 heterocycles. The molecule has 1 aliphatic rings. The highest BCUT2D eigenvalue weighted by Gasteiger charge is 2.32. The van der Waals surface area contributed by atoms with Crippen molar-refractivity contribution < 1.29 is 9.90 Å². The summed E-state index contributed by atoms with van der Waals surface area (Å²) < 4.78 is 0. The van der Waals surface area contributed by atoms with Gasteiger partial charge in [-0.05, 0) is 25.5 Å². The summed E-state index contributed by atoms with van der Waals surface area (Å²) in [6, 6.07) is 3.06. The molecule has 5 nitrogen and oxygen atoms in total. The predicted octanol–water partition coefficient (Wildman–Crippen LogP) is 1.97. The molecule has 7 heteroatoms. The molecule has 0 aromatic heterocycles. The fourth-order valence-electron chi connectivity index (χ4n) is 2.27. The van der Waals surface area contributed by atoms with E-state index in [2.05, 4.69) is 5.32 Å². The van der Waals surface area contributed by atoms with Crippen LogP contribution in [0.1, 0.15) is 13.3 Å². The van der Waals surface area contributed by atoms with E-state index < -0.39 is 5.60 Å². The molecule has 110 valence electrons. The average Bonchev–Trinajstić information content (AvgIpc) is 2.63. The number of carbonyl (C=O) groups is 1. The summed E-state index contributed by atoms with van der Waals surface area (Å²) in [6.07, 6.45) is 0.656. The first-order chi connectivity index (χ1) is 9.27. The number of benzene rings is 1. The molecule has 0 aliphatic carbocycles. The summed E-state index contributed by atoms with van der Waals surface area (Å²) in [4.78, 5) is 13.9. The number of nitrogen functional groups attached to an aromatic ring is 1. The second kappa shape index (κ2) is 5.77. The van der Waals surface area contributed by atoms with Gasteiger partial charge in [-0.1, -0.05) is 23.2 Å². The highest BCUT2D eigenvalue weighted by atomic mass is 35.5. The maximum Gasteiger partial charge on any atom is 0.238 e. The Morgan fingerprint density at radius 1 is 1.50 bits per heavy atom. The Hall–Kier alpha value is -1.01. The summed E-state index contributed by atoms with van der Waals surface area (Å²) in [5, 5.41) is 13.1. The lowest BCUT2D eigenvalue weighted by molar-refractivity contribution is -0.117. The molecule has 1 aliphatic heterocycles. The molecule has 1 saturated heterocycles. The van der Waals surface area contributed by atoms with Crippen molar-refractivity contribution in [3.8, 4) is 0 Å². The number of nitrogens with two attached hydrogens (primary N) is 1. The number of carbonyl (C=O) groups excluding carboxylic acids is 1. The van der Waals surface area contributed by atoms with Gasteiger partial charge >= 0.3 is 0 Å². The Kier molecular flexibility index (Phi) is 4.44. The summed E-state index contributed by atoms with van der Waals surface area (Å²) in [5.41, 5.74) is 5.68. The van der Waals surface area contributed by atoms with E-state index in [1.54, 1.807) is 6.92 Å². The number of likely N-dealkylation sites (tertiary alicyclic amines) is 1. The molecule has 0 spiro atoms. The normalized spacial score (nSPS) is 23.0. The van der Waals surface area contributed by atoms with Crippen LogP contribution in [0.25, 0.3) is 0 Å². The highest BCUT2D eigenvalue weighted by Crippen LogP contribution is 2.32. The van der Waals surface area contributed by atoms with Crippen molar-refractivity contribution in [2.24, 2.45) is 0 Å². The van der Waals surface area contributed by atoms with E-state index in [0.717, 1.165) is 0 Å². The van der Waals surface area contributed by atoms with Crippen molar-refractivity contribution in [2.45, 2.75) is 18.9 Å². The van der Waals surface area contributed by atoms with Crippen LogP contribution >= 0.6 is 23.2 Å². The van der Waals surface area contributed by atoms with Crippen LogP contribution in [0, 0.1) is 0 Å². The van der Waals surface area contributed by atoms with Crippen LogP contribution in [-0.2, 0) is 4.79 Å². The molecule has 2 rings (SSSR count). The van der Waals surface area contributed by atoms with Crippen molar-refractivity contribution >= 4 is 40.5 Å². The maximum atomic E-state index is 12.0. The minimum atomic E-state index is -0.725. The van der Waals surface area contributed by atoms with Gasteiger partial charge in [-0.15, -0.1) is 0 Å². The number of nitrogens with one attached hydrogen (secondary N) is 1. The Morgan fingerprint density at radius 2 is 2.10 bits per heavy atom. The van der Waals surface area contributed by atoms with E-state index in [9.17, 15) is 9.90 Å². The zero-order chi connectivity index (χ0) is 14.9. The maximum absolute atomic E-state index is 12.0. The van der Waals surface area contributed by atoms with Gasteiger partial charge in [-0.25, -0.2) is 0 Å². The molecule has 1 atom stereocenters. The van der Waals surface area contributed by atoms with Gasteiger partial charge in [0.1, 0.15) is 0 Å². The van der Waals surface area contributed by atoms with E-state index in [0.29, 0.717) is 40.9 Å². The van der Waals surface area contributed by atoms with Gasteiger partial charge in [0.2, 0.25) is 5.91 Å². The number of hydrogen-bond acceptors (Lipinski definition) is 4. The smallest absolute Gasteiger partial charge is 0.238 e. The number of amides is 1. The lowest BCUT2D eigenvalue weighted by atomic mass is 10.1. The van der Waals surface area contributed by atoms with Crippen LogP contribution in [0.2, 0.25) is 10.0 Å². The number of rotatable bonds is 3. The summed E-state index contributed by atoms with van der Waals surface area (Å²) in [7, 11) is 0. The Balaban J connectivity index is 1.99. The molecule has 1 aromatic rings. The lowest BCUT2D eigenvalue weighted by Crippen LogP contribution is -2.35. The van der Waals surface area contributed by atoms with Crippen LogP contribution in [0.15, 0.2) is 12.1 Å². The molecule has 1 aromatic carbocycles. The first-order valence-corrected chi connectivity index (χ1v) is 7.01.